The summed E-state index contributed by atoms with van der Waals surface area (Å²) in [6.45, 7) is 3.73. The van der Waals surface area contributed by atoms with Gasteiger partial charge in [0.25, 0.3) is 5.91 Å². The number of benzene rings is 1. The number of esters is 1. The van der Waals surface area contributed by atoms with E-state index in [1.54, 1.807) is 24.3 Å². The number of ether oxygens (including phenoxy) is 3. The van der Waals surface area contributed by atoms with Gasteiger partial charge in [0.15, 0.2) is 12.2 Å². The van der Waals surface area contributed by atoms with Gasteiger partial charge >= 0.3 is 5.97 Å². The van der Waals surface area contributed by atoms with Crippen molar-refractivity contribution in [2.75, 3.05) is 20.3 Å². The first kappa shape index (κ1) is 18.5. The van der Waals surface area contributed by atoms with E-state index in [2.05, 4.69) is 5.32 Å². The predicted molar refractivity (Wildman–Crippen MR) is 81.7 cm³/mol. The SMILES string of the molecule is COCCNC(=O)[C@@H](C)OC(=O)[C@@H](C)Oc1ccc(C#N)cc1. The lowest BCUT2D eigenvalue weighted by Gasteiger charge is -2.17. The molecule has 7 heteroatoms. The number of nitrogens with one attached hydrogen (secondary N) is 1. The molecule has 0 heterocycles. The third kappa shape index (κ3) is 6.36. The first-order chi connectivity index (χ1) is 11.0. The Morgan fingerprint density at radius 2 is 1.87 bits per heavy atom. The molecule has 1 N–H and O–H groups in total. The first-order valence-corrected chi connectivity index (χ1v) is 7.12. The van der Waals surface area contributed by atoms with Crippen LogP contribution in [0, 0.1) is 11.3 Å². The first-order valence-electron chi connectivity index (χ1n) is 7.12. The molecule has 7 nitrogen and oxygen atoms in total. The van der Waals surface area contributed by atoms with Crippen LogP contribution in [-0.4, -0.2) is 44.3 Å². The molecular weight excluding hydrogens is 300 g/mol. The fourth-order valence-electron chi connectivity index (χ4n) is 1.60. The molecule has 0 aliphatic heterocycles. The van der Waals surface area contributed by atoms with Crippen LogP contribution in [0.15, 0.2) is 24.3 Å². The molecule has 23 heavy (non-hydrogen) atoms. The fourth-order valence-corrected chi connectivity index (χ4v) is 1.60. The summed E-state index contributed by atoms with van der Waals surface area (Å²) in [5.41, 5.74) is 0.494. The minimum absolute atomic E-state index is 0.342. The van der Waals surface area contributed by atoms with Crippen molar-refractivity contribution < 1.29 is 23.8 Å². The Morgan fingerprint density at radius 1 is 1.22 bits per heavy atom. The van der Waals surface area contributed by atoms with Gasteiger partial charge in [-0.2, -0.15) is 5.26 Å². The van der Waals surface area contributed by atoms with E-state index in [0.717, 1.165) is 0 Å². The molecular formula is C16H20N2O5. The smallest absolute Gasteiger partial charge is 0.347 e. The number of nitrogens with zero attached hydrogens (tertiary/aromatic N) is 1. The summed E-state index contributed by atoms with van der Waals surface area (Å²) in [5, 5.41) is 11.3. The molecule has 1 aromatic carbocycles. The van der Waals surface area contributed by atoms with Crippen LogP contribution in [-0.2, 0) is 19.1 Å². The second-order valence-electron chi connectivity index (χ2n) is 4.76. The lowest BCUT2D eigenvalue weighted by Crippen LogP contribution is -2.39. The number of amides is 1. The number of methoxy groups -OCH3 is 1. The zero-order chi connectivity index (χ0) is 17.2. The average molecular weight is 320 g/mol. The Labute approximate surface area is 135 Å². The minimum atomic E-state index is -0.925. The van der Waals surface area contributed by atoms with Crippen LogP contribution in [0.5, 0.6) is 5.75 Å². The van der Waals surface area contributed by atoms with Crippen LogP contribution in [0.4, 0.5) is 0 Å². The zero-order valence-corrected chi connectivity index (χ0v) is 13.4. The van der Waals surface area contributed by atoms with E-state index in [0.29, 0.717) is 24.5 Å². The van der Waals surface area contributed by atoms with Crippen molar-refractivity contribution in [3.05, 3.63) is 29.8 Å². The van der Waals surface area contributed by atoms with Gasteiger partial charge in [0.05, 0.1) is 18.2 Å². The summed E-state index contributed by atoms with van der Waals surface area (Å²) < 4.78 is 15.3. The Balaban J connectivity index is 2.46. The number of carbonyl (C=O) groups excluding carboxylic acids is 2. The summed E-state index contributed by atoms with van der Waals surface area (Å²) in [5.74, 6) is -0.615. The normalized spacial score (nSPS) is 12.6. The van der Waals surface area contributed by atoms with Gasteiger partial charge in [-0.1, -0.05) is 0 Å². The summed E-state index contributed by atoms with van der Waals surface area (Å²) in [7, 11) is 1.53. The van der Waals surface area contributed by atoms with E-state index in [4.69, 9.17) is 19.5 Å². The maximum atomic E-state index is 11.9. The van der Waals surface area contributed by atoms with Gasteiger partial charge in [-0.3, -0.25) is 4.79 Å². The molecule has 1 amide bonds. The third-order valence-corrected chi connectivity index (χ3v) is 2.90. The second-order valence-corrected chi connectivity index (χ2v) is 4.76. The van der Waals surface area contributed by atoms with E-state index in [9.17, 15) is 9.59 Å². The quantitative estimate of drug-likeness (QED) is 0.567. The van der Waals surface area contributed by atoms with Crippen molar-refractivity contribution in [3.63, 3.8) is 0 Å². The molecule has 0 fully saturated rings. The number of hydrogen-bond acceptors (Lipinski definition) is 6. The van der Waals surface area contributed by atoms with Gasteiger partial charge in [0.1, 0.15) is 5.75 Å². The highest BCUT2D eigenvalue weighted by molar-refractivity contribution is 5.84. The molecule has 0 bridgehead atoms. The van der Waals surface area contributed by atoms with Gasteiger partial charge < -0.3 is 19.5 Å². The van der Waals surface area contributed by atoms with Crippen LogP contribution in [0.2, 0.25) is 0 Å². The molecule has 0 aliphatic rings. The van der Waals surface area contributed by atoms with Gasteiger partial charge in [0.2, 0.25) is 0 Å². The van der Waals surface area contributed by atoms with Crippen LogP contribution in [0.3, 0.4) is 0 Å². The molecule has 2 atom stereocenters. The number of carbonyl (C=O) groups is 2. The van der Waals surface area contributed by atoms with Crippen LogP contribution < -0.4 is 10.1 Å². The Morgan fingerprint density at radius 3 is 2.43 bits per heavy atom. The molecule has 1 rings (SSSR count). The second kappa shape index (κ2) is 9.43. The minimum Gasteiger partial charge on any atom is -0.479 e. The largest absolute Gasteiger partial charge is 0.479 e. The molecule has 0 aromatic heterocycles. The zero-order valence-electron chi connectivity index (χ0n) is 13.4. The molecule has 0 saturated carbocycles. The standard InChI is InChI=1S/C16H20N2O5/c1-11(15(19)18-8-9-21-3)23-16(20)12(2)22-14-6-4-13(10-17)5-7-14/h4-7,11-12H,8-9H2,1-3H3,(H,18,19)/t11-,12-/m1/s1. The van der Waals surface area contributed by atoms with Crippen molar-refractivity contribution in [1.82, 2.24) is 5.32 Å². The van der Waals surface area contributed by atoms with Crippen LogP contribution in [0.1, 0.15) is 19.4 Å². The van der Waals surface area contributed by atoms with E-state index in [1.165, 1.54) is 21.0 Å². The maximum absolute atomic E-state index is 11.9. The monoisotopic (exact) mass is 320 g/mol. The van der Waals surface area contributed by atoms with Crippen molar-refractivity contribution in [1.29, 1.82) is 5.26 Å². The number of hydrogen-bond donors (Lipinski definition) is 1. The third-order valence-electron chi connectivity index (χ3n) is 2.90. The van der Waals surface area contributed by atoms with Crippen molar-refractivity contribution >= 4 is 11.9 Å². The van der Waals surface area contributed by atoms with Crippen molar-refractivity contribution in [2.24, 2.45) is 0 Å². The Kier molecular flexibility index (Phi) is 7.57. The van der Waals surface area contributed by atoms with Gasteiger partial charge in [-0.05, 0) is 38.1 Å². The van der Waals surface area contributed by atoms with E-state index in [-0.39, 0.29) is 0 Å². The molecule has 0 radical (unpaired) electrons. The summed E-state index contributed by atoms with van der Waals surface area (Å²) in [6, 6.07) is 8.33. The summed E-state index contributed by atoms with van der Waals surface area (Å²) in [6.07, 6.45) is -1.80. The van der Waals surface area contributed by atoms with Gasteiger partial charge in [-0.25, -0.2) is 4.79 Å². The van der Waals surface area contributed by atoms with Gasteiger partial charge in [-0.15, -0.1) is 0 Å². The van der Waals surface area contributed by atoms with E-state index < -0.39 is 24.1 Å². The fraction of sp³-hybridized carbons (Fsp3) is 0.438. The van der Waals surface area contributed by atoms with E-state index in [1.807, 2.05) is 6.07 Å². The lowest BCUT2D eigenvalue weighted by molar-refractivity contribution is -0.160. The van der Waals surface area contributed by atoms with E-state index >= 15 is 0 Å². The maximum Gasteiger partial charge on any atom is 0.347 e. The average Bonchev–Trinajstić information content (AvgIpc) is 2.55. The number of nitriles is 1. The van der Waals surface area contributed by atoms with Crippen LogP contribution >= 0.6 is 0 Å². The number of rotatable bonds is 8. The highest BCUT2D eigenvalue weighted by atomic mass is 16.6. The molecule has 1 aromatic rings. The van der Waals surface area contributed by atoms with Crippen LogP contribution in [0.25, 0.3) is 0 Å². The van der Waals surface area contributed by atoms with Crippen molar-refractivity contribution in [2.45, 2.75) is 26.1 Å². The molecule has 0 saturated heterocycles. The summed E-state index contributed by atoms with van der Waals surface area (Å²) >= 11 is 0. The molecule has 0 aliphatic carbocycles. The summed E-state index contributed by atoms with van der Waals surface area (Å²) in [4.78, 5) is 23.6. The molecule has 124 valence electrons. The Hall–Kier alpha value is -2.59. The highest BCUT2D eigenvalue weighted by Gasteiger charge is 2.23. The lowest BCUT2D eigenvalue weighted by atomic mass is 10.2. The van der Waals surface area contributed by atoms with Gasteiger partial charge in [0, 0.05) is 13.7 Å². The molecule has 0 unspecified atom stereocenters. The highest BCUT2D eigenvalue weighted by Crippen LogP contribution is 2.14. The Bertz CT molecular complexity index is 565. The molecule has 0 spiro atoms. The predicted octanol–water partition coefficient (Wildman–Crippen LogP) is 1.02. The topological polar surface area (TPSA) is 97.7 Å². The van der Waals surface area contributed by atoms with Crippen molar-refractivity contribution in [3.8, 4) is 11.8 Å².